The molecule has 56 valence electrons. The minimum atomic E-state index is 0.726. The summed E-state index contributed by atoms with van der Waals surface area (Å²) >= 11 is 0. The fraction of sp³-hybridized carbons (Fsp3) is 0.600. The van der Waals surface area contributed by atoms with Crippen LogP contribution in [0.3, 0.4) is 0 Å². The number of allylic oxidation sites excluding steroid dienone is 4. The smallest absolute Gasteiger partial charge is 0.0196 e. The summed E-state index contributed by atoms with van der Waals surface area (Å²) in [5.41, 5.74) is 2.90. The van der Waals surface area contributed by atoms with E-state index in [9.17, 15) is 0 Å². The summed E-state index contributed by atoms with van der Waals surface area (Å²) in [5, 5.41) is 0. The van der Waals surface area contributed by atoms with Crippen LogP contribution >= 0.6 is 0 Å². The quantitative estimate of drug-likeness (QED) is 0.480. The molecule has 0 aromatic carbocycles. The summed E-state index contributed by atoms with van der Waals surface area (Å²) in [6.07, 6.45) is 4.72. The highest BCUT2D eigenvalue weighted by Gasteiger charge is 2.12. The molecule has 0 nitrogen and oxygen atoms in total. The normalized spacial score (nSPS) is 33.2. The minimum absolute atomic E-state index is 0.726. The zero-order chi connectivity index (χ0) is 7.72. The van der Waals surface area contributed by atoms with E-state index in [1.165, 1.54) is 11.1 Å². The van der Waals surface area contributed by atoms with Gasteiger partial charge in [0.2, 0.25) is 0 Å². The molecule has 2 atom stereocenters. The fourth-order valence-corrected chi connectivity index (χ4v) is 1.36. The van der Waals surface area contributed by atoms with Crippen molar-refractivity contribution < 1.29 is 0 Å². The molecular formula is C10H16. The predicted octanol–water partition coefficient (Wildman–Crippen LogP) is 3.16. The van der Waals surface area contributed by atoms with Gasteiger partial charge in [0, 0.05) is 0 Å². The van der Waals surface area contributed by atoms with Crippen molar-refractivity contribution in [3.05, 3.63) is 23.3 Å². The molecule has 0 heterocycles. The molecule has 0 heteroatoms. The zero-order valence-electron chi connectivity index (χ0n) is 7.31. The van der Waals surface area contributed by atoms with E-state index in [4.69, 9.17) is 0 Å². The topological polar surface area (TPSA) is 0 Å². The van der Waals surface area contributed by atoms with Crippen molar-refractivity contribution in [3.63, 3.8) is 0 Å². The lowest BCUT2D eigenvalue weighted by Crippen LogP contribution is -2.08. The average Bonchev–Trinajstić information content (AvgIpc) is 1.84. The van der Waals surface area contributed by atoms with E-state index in [0.29, 0.717) is 0 Å². The van der Waals surface area contributed by atoms with Gasteiger partial charge in [-0.1, -0.05) is 37.1 Å². The molecule has 0 fully saturated rings. The second-order valence-corrected chi connectivity index (χ2v) is 3.42. The van der Waals surface area contributed by atoms with E-state index in [-0.39, 0.29) is 0 Å². The predicted molar refractivity (Wildman–Crippen MR) is 45.8 cm³/mol. The average molecular weight is 136 g/mol. The Bertz CT molecular complexity index is 162. The second kappa shape index (κ2) is 2.61. The Morgan fingerprint density at radius 1 is 0.900 bits per heavy atom. The van der Waals surface area contributed by atoms with Gasteiger partial charge in [-0.25, -0.2) is 0 Å². The van der Waals surface area contributed by atoms with Gasteiger partial charge < -0.3 is 0 Å². The van der Waals surface area contributed by atoms with E-state index >= 15 is 0 Å². The molecule has 10 heavy (non-hydrogen) atoms. The summed E-state index contributed by atoms with van der Waals surface area (Å²) in [4.78, 5) is 0. The Hall–Kier alpha value is -0.520. The van der Waals surface area contributed by atoms with Gasteiger partial charge in [0.15, 0.2) is 0 Å². The van der Waals surface area contributed by atoms with Crippen LogP contribution in [0.15, 0.2) is 23.3 Å². The Morgan fingerprint density at radius 2 is 1.20 bits per heavy atom. The monoisotopic (exact) mass is 136 g/mol. The molecule has 0 N–H and O–H groups in total. The molecule has 0 aromatic rings. The third kappa shape index (κ3) is 1.31. The Balaban J connectivity index is 2.83. The van der Waals surface area contributed by atoms with Crippen molar-refractivity contribution in [1.29, 1.82) is 0 Å². The van der Waals surface area contributed by atoms with Gasteiger partial charge in [-0.2, -0.15) is 0 Å². The van der Waals surface area contributed by atoms with Gasteiger partial charge in [-0.05, 0) is 25.7 Å². The minimum Gasteiger partial charge on any atom is -0.0779 e. The third-order valence-electron chi connectivity index (χ3n) is 2.48. The van der Waals surface area contributed by atoms with Crippen molar-refractivity contribution in [2.75, 3.05) is 0 Å². The molecule has 0 amide bonds. The van der Waals surface area contributed by atoms with Crippen LogP contribution in [0.5, 0.6) is 0 Å². The summed E-state index contributed by atoms with van der Waals surface area (Å²) in [5.74, 6) is 1.45. The highest BCUT2D eigenvalue weighted by molar-refractivity contribution is 5.31. The van der Waals surface area contributed by atoms with E-state index in [0.717, 1.165) is 11.8 Å². The van der Waals surface area contributed by atoms with Crippen LogP contribution in [0.1, 0.15) is 27.7 Å². The van der Waals surface area contributed by atoms with Crippen molar-refractivity contribution in [2.24, 2.45) is 11.8 Å². The Labute approximate surface area is 63.6 Å². The Kier molecular flexibility index (Phi) is 1.98. The lowest BCUT2D eigenvalue weighted by Gasteiger charge is -2.20. The van der Waals surface area contributed by atoms with Crippen molar-refractivity contribution >= 4 is 0 Å². The molecule has 1 aliphatic rings. The van der Waals surface area contributed by atoms with Crippen LogP contribution in [0.4, 0.5) is 0 Å². The first-order valence-corrected chi connectivity index (χ1v) is 3.98. The molecule has 0 radical (unpaired) electrons. The van der Waals surface area contributed by atoms with Gasteiger partial charge in [-0.15, -0.1) is 0 Å². The first-order valence-electron chi connectivity index (χ1n) is 3.98. The van der Waals surface area contributed by atoms with E-state index in [1.54, 1.807) is 0 Å². The molecule has 0 saturated heterocycles. The molecule has 0 bridgehead atoms. The van der Waals surface area contributed by atoms with Crippen LogP contribution in [0, 0.1) is 11.8 Å². The molecule has 0 saturated carbocycles. The molecular weight excluding hydrogens is 120 g/mol. The second-order valence-electron chi connectivity index (χ2n) is 3.42. The van der Waals surface area contributed by atoms with Crippen molar-refractivity contribution in [3.8, 4) is 0 Å². The lowest BCUT2D eigenvalue weighted by atomic mass is 9.85. The largest absolute Gasteiger partial charge is 0.0779 e. The van der Waals surface area contributed by atoms with Gasteiger partial charge in [-0.3, -0.25) is 0 Å². The maximum Gasteiger partial charge on any atom is -0.0196 e. The van der Waals surface area contributed by atoms with Crippen LogP contribution < -0.4 is 0 Å². The fourth-order valence-electron chi connectivity index (χ4n) is 1.36. The highest BCUT2D eigenvalue weighted by atomic mass is 14.2. The number of hydrogen-bond donors (Lipinski definition) is 0. The van der Waals surface area contributed by atoms with Crippen molar-refractivity contribution in [1.82, 2.24) is 0 Å². The van der Waals surface area contributed by atoms with Crippen LogP contribution in [-0.2, 0) is 0 Å². The van der Waals surface area contributed by atoms with Gasteiger partial charge in [0.1, 0.15) is 0 Å². The SMILES string of the molecule is CC1=CC(C)[C@H](C)C=C1C. The maximum atomic E-state index is 2.36. The van der Waals surface area contributed by atoms with Gasteiger partial charge >= 0.3 is 0 Å². The zero-order valence-corrected chi connectivity index (χ0v) is 7.31. The first-order chi connectivity index (χ1) is 4.61. The Morgan fingerprint density at radius 3 is 1.50 bits per heavy atom. The van der Waals surface area contributed by atoms with E-state index in [1.807, 2.05) is 0 Å². The van der Waals surface area contributed by atoms with Crippen LogP contribution in [0.25, 0.3) is 0 Å². The van der Waals surface area contributed by atoms with Crippen molar-refractivity contribution in [2.45, 2.75) is 27.7 Å². The number of rotatable bonds is 0. The van der Waals surface area contributed by atoms with E-state index in [2.05, 4.69) is 39.8 Å². The summed E-state index contributed by atoms with van der Waals surface area (Å²) in [6, 6.07) is 0. The highest BCUT2D eigenvalue weighted by Crippen LogP contribution is 2.26. The maximum absolute atomic E-state index is 2.36. The molecule has 0 aromatic heterocycles. The standard InChI is InChI=1S/C10H16/c1-7-5-9(3)10(4)6-8(7)2/h5-8H,1-4H3/t7-,8?/m1/s1. The number of hydrogen-bond acceptors (Lipinski definition) is 0. The lowest BCUT2D eigenvalue weighted by molar-refractivity contribution is 0.544. The molecule has 0 aliphatic heterocycles. The van der Waals surface area contributed by atoms with E-state index < -0.39 is 0 Å². The van der Waals surface area contributed by atoms with Gasteiger partial charge in [0.25, 0.3) is 0 Å². The molecule has 0 spiro atoms. The van der Waals surface area contributed by atoms with Gasteiger partial charge in [0.05, 0.1) is 0 Å². The van der Waals surface area contributed by atoms with Crippen LogP contribution in [0.2, 0.25) is 0 Å². The summed E-state index contributed by atoms with van der Waals surface area (Å²) in [7, 11) is 0. The summed E-state index contributed by atoms with van der Waals surface area (Å²) < 4.78 is 0. The molecule has 1 aliphatic carbocycles. The van der Waals surface area contributed by atoms with Crippen LogP contribution in [-0.4, -0.2) is 0 Å². The summed E-state index contributed by atoms with van der Waals surface area (Å²) in [6.45, 7) is 8.93. The molecule has 1 rings (SSSR count). The molecule has 1 unspecified atom stereocenters. The third-order valence-corrected chi connectivity index (χ3v) is 2.48. The first kappa shape index (κ1) is 7.59.